The molecule has 2 amide bonds. The van der Waals surface area contributed by atoms with E-state index in [0.29, 0.717) is 21.3 Å². The highest BCUT2D eigenvalue weighted by atomic mass is 79.9. The molecule has 0 spiro atoms. The standard InChI is InChI=1S/C24H27BrN2O3/c1-27(14-24-11-15-7-16(12-24)9-17(8-15)13-24)23(29)18-3-2-4-19(10-18)26-22(28)20-5-6-21(25)30-20/h2-6,10,15-17H,7-9,11-14H2,1H3,(H,26,28). The molecule has 4 aliphatic rings. The van der Waals surface area contributed by atoms with Crippen molar-refractivity contribution in [2.45, 2.75) is 38.5 Å². The average molecular weight is 471 g/mol. The maximum absolute atomic E-state index is 13.2. The zero-order valence-corrected chi connectivity index (χ0v) is 18.8. The Kier molecular flexibility index (Phi) is 5.00. The lowest BCUT2D eigenvalue weighted by molar-refractivity contribution is -0.0629. The van der Waals surface area contributed by atoms with Gasteiger partial charge in [-0.25, -0.2) is 0 Å². The summed E-state index contributed by atoms with van der Waals surface area (Å²) in [6, 6.07) is 10.4. The van der Waals surface area contributed by atoms with E-state index in [-0.39, 0.29) is 17.6 Å². The highest BCUT2D eigenvalue weighted by molar-refractivity contribution is 9.10. The summed E-state index contributed by atoms with van der Waals surface area (Å²) in [5, 5.41) is 2.81. The summed E-state index contributed by atoms with van der Waals surface area (Å²) in [5.41, 5.74) is 1.50. The SMILES string of the molecule is CN(CC12CC3CC(CC(C3)C1)C2)C(=O)c1cccc(NC(=O)c2ccc(Br)o2)c1. The zero-order valence-electron chi connectivity index (χ0n) is 17.2. The van der Waals surface area contributed by atoms with E-state index in [9.17, 15) is 9.59 Å². The van der Waals surface area contributed by atoms with Gasteiger partial charge in [0.2, 0.25) is 0 Å². The van der Waals surface area contributed by atoms with E-state index >= 15 is 0 Å². The summed E-state index contributed by atoms with van der Waals surface area (Å²) >= 11 is 3.20. The molecule has 4 saturated carbocycles. The lowest BCUT2D eigenvalue weighted by Gasteiger charge is -2.57. The van der Waals surface area contributed by atoms with Crippen LogP contribution in [0.15, 0.2) is 45.5 Å². The van der Waals surface area contributed by atoms with Crippen LogP contribution in [-0.4, -0.2) is 30.3 Å². The van der Waals surface area contributed by atoms with Gasteiger partial charge in [-0.2, -0.15) is 0 Å². The summed E-state index contributed by atoms with van der Waals surface area (Å²) in [6.45, 7) is 0.840. The largest absolute Gasteiger partial charge is 0.444 e. The van der Waals surface area contributed by atoms with Crippen LogP contribution in [0.3, 0.4) is 0 Å². The summed E-state index contributed by atoms with van der Waals surface area (Å²) in [4.78, 5) is 27.4. The fraction of sp³-hybridized carbons (Fsp3) is 0.500. The lowest BCUT2D eigenvalue weighted by Crippen LogP contribution is -2.51. The number of furan rings is 1. The van der Waals surface area contributed by atoms with Crippen LogP contribution in [0.1, 0.15) is 59.4 Å². The fourth-order valence-electron chi connectivity index (χ4n) is 6.64. The molecule has 4 bridgehead atoms. The Hall–Kier alpha value is -2.08. The molecule has 1 aromatic heterocycles. The van der Waals surface area contributed by atoms with E-state index in [1.807, 2.05) is 18.0 Å². The Morgan fingerprint density at radius 2 is 1.77 bits per heavy atom. The smallest absolute Gasteiger partial charge is 0.291 e. The zero-order chi connectivity index (χ0) is 20.9. The number of hydrogen-bond donors (Lipinski definition) is 1. The molecule has 0 radical (unpaired) electrons. The molecule has 5 nitrogen and oxygen atoms in total. The van der Waals surface area contributed by atoms with Gasteiger partial charge in [0.25, 0.3) is 11.8 Å². The Labute approximate surface area is 185 Å². The minimum Gasteiger partial charge on any atom is -0.444 e. The number of hydrogen-bond acceptors (Lipinski definition) is 3. The molecule has 0 unspecified atom stereocenters. The van der Waals surface area contributed by atoms with Gasteiger partial charge in [0, 0.05) is 24.8 Å². The van der Waals surface area contributed by atoms with E-state index < -0.39 is 0 Å². The Morgan fingerprint density at radius 3 is 2.37 bits per heavy atom. The van der Waals surface area contributed by atoms with Crippen molar-refractivity contribution in [1.82, 2.24) is 4.90 Å². The van der Waals surface area contributed by atoms with Crippen molar-refractivity contribution in [1.29, 1.82) is 0 Å². The van der Waals surface area contributed by atoms with Crippen molar-refractivity contribution < 1.29 is 14.0 Å². The highest BCUT2D eigenvalue weighted by Gasteiger charge is 2.51. The summed E-state index contributed by atoms with van der Waals surface area (Å²) in [6.07, 6.45) is 8.07. The number of amides is 2. The van der Waals surface area contributed by atoms with Crippen molar-refractivity contribution in [2.24, 2.45) is 23.2 Å². The van der Waals surface area contributed by atoms with Crippen molar-refractivity contribution in [2.75, 3.05) is 18.9 Å². The fourth-order valence-corrected chi connectivity index (χ4v) is 6.94. The third-order valence-electron chi connectivity index (χ3n) is 7.25. The number of anilines is 1. The Morgan fingerprint density at radius 1 is 1.10 bits per heavy atom. The van der Waals surface area contributed by atoms with Crippen LogP contribution in [0.5, 0.6) is 0 Å². The van der Waals surface area contributed by atoms with E-state index in [2.05, 4.69) is 21.2 Å². The molecule has 158 valence electrons. The van der Waals surface area contributed by atoms with Crippen LogP contribution < -0.4 is 5.32 Å². The summed E-state index contributed by atoms with van der Waals surface area (Å²) in [7, 11) is 1.92. The second-order valence-corrected chi connectivity index (χ2v) is 10.5. The molecule has 2 aromatic rings. The molecular formula is C24H27BrN2O3. The Bertz CT molecular complexity index is 947. The van der Waals surface area contributed by atoms with Gasteiger partial charge in [0.1, 0.15) is 0 Å². The number of halogens is 1. The van der Waals surface area contributed by atoms with E-state index in [4.69, 9.17) is 4.42 Å². The first kappa shape index (κ1) is 19.9. The number of carbonyl (C=O) groups is 2. The van der Waals surface area contributed by atoms with Gasteiger partial charge in [-0.3, -0.25) is 9.59 Å². The molecule has 4 aliphatic carbocycles. The molecule has 0 saturated heterocycles. The number of benzene rings is 1. The third kappa shape index (κ3) is 3.82. The Balaban J connectivity index is 1.27. The monoisotopic (exact) mass is 470 g/mol. The third-order valence-corrected chi connectivity index (χ3v) is 7.67. The predicted octanol–water partition coefficient (Wildman–Crippen LogP) is 5.58. The molecule has 4 fully saturated rings. The lowest BCUT2D eigenvalue weighted by atomic mass is 9.49. The number of nitrogens with zero attached hydrogens (tertiary/aromatic N) is 1. The number of carbonyl (C=O) groups excluding carboxylic acids is 2. The molecular weight excluding hydrogens is 444 g/mol. The highest BCUT2D eigenvalue weighted by Crippen LogP contribution is 2.60. The van der Waals surface area contributed by atoms with E-state index in [0.717, 1.165) is 24.3 Å². The van der Waals surface area contributed by atoms with Crippen molar-refractivity contribution in [3.8, 4) is 0 Å². The van der Waals surface area contributed by atoms with Gasteiger partial charge in [-0.15, -0.1) is 0 Å². The second-order valence-electron chi connectivity index (χ2n) is 9.72. The quantitative estimate of drug-likeness (QED) is 0.619. The van der Waals surface area contributed by atoms with Gasteiger partial charge >= 0.3 is 0 Å². The summed E-state index contributed by atoms with van der Waals surface area (Å²) in [5.74, 6) is 2.52. The molecule has 1 N–H and O–H groups in total. The molecule has 1 heterocycles. The minimum atomic E-state index is -0.341. The minimum absolute atomic E-state index is 0.0163. The first-order valence-electron chi connectivity index (χ1n) is 10.8. The maximum atomic E-state index is 13.2. The van der Waals surface area contributed by atoms with Crippen LogP contribution in [0.4, 0.5) is 5.69 Å². The van der Waals surface area contributed by atoms with Gasteiger partial charge in [-0.1, -0.05) is 6.07 Å². The number of nitrogens with one attached hydrogen (secondary N) is 1. The first-order chi connectivity index (χ1) is 14.4. The average Bonchev–Trinajstić information content (AvgIpc) is 3.12. The normalized spacial score (nSPS) is 29.1. The molecule has 0 atom stereocenters. The second kappa shape index (κ2) is 7.56. The van der Waals surface area contributed by atoms with E-state index in [1.165, 1.54) is 38.5 Å². The van der Waals surface area contributed by atoms with Crippen LogP contribution in [-0.2, 0) is 0 Å². The van der Waals surface area contributed by atoms with Crippen LogP contribution >= 0.6 is 15.9 Å². The molecule has 0 aliphatic heterocycles. The van der Waals surface area contributed by atoms with Crippen LogP contribution in [0.2, 0.25) is 0 Å². The van der Waals surface area contributed by atoms with Crippen molar-refractivity contribution in [3.63, 3.8) is 0 Å². The molecule has 6 rings (SSSR count). The predicted molar refractivity (Wildman–Crippen MR) is 118 cm³/mol. The van der Waals surface area contributed by atoms with Gasteiger partial charge in [0.05, 0.1) is 0 Å². The number of rotatable bonds is 5. The van der Waals surface area contributed by atoms with Crippen molar-refractivity contribution in [3.05, 3.63) is 52.4 Å². The topological polar surface area (TPSA) is 62.6 Å². The summed E-state index contributed by atoms with van der Waals surface area (Å²) < 4.78 is 5.80. The van der Waals surface area contributed by atoms with Gasteiger partial charge in [0.15, 0.2) is 10.4 Å². The first-order valence-corrected chi connectivity index (χ1v) is 11.6. The molecule has 1 aromatic carbocycles. The maximum Gasteiger partial charge on any atom is 0.291 e. The van der Waals surface area contributed by atoms with Gasteiger partial charge < -0.3 is 14.6 Å². The van der Waals surface area contributed by atoms with Crippen LogP contribution in [0, 0.1) is 23.2 Å². The van der Waals surface area contributed by atoms with Crippen molar-refractivity contribution >= 4 is 33.4 Å². The van der Waals surface area contributed by atoms with E-state index in [1.54, 1.807) is 30.3 Å². The molecule has 30 heavy (non-hydrogen) atoms. The molecule has 6 heteroatoms. The van der Waals surface area contributed by atoms with Gasteiger partial charge in [-0.05, 0) is 108 Å². The van der Waals surface area contributed by atoms with Crippen LogP contribution in [0.25, 0.3) is 0 Å².